The highest BCUT2D eigenvalue weighted by molar-refractivity contribution is 5.80. The summed E-state index contributed by atoms with van der Waals surface area (Å²) in [7, 11) is 0. The minimum Gasteiger partial charge on any atom is -0.407 e. The van der Waals surface area contributed by atoms with Crippen molar-refractivity contribution in [2.75, 3.05) is 18.0 Å². The minimum absolute atomic E-state index is 0.0538. The summed E-state index contributed by atoms with van der Waals surface area (Å²) in [6.07, 6.45) is 0. The van der Waals surface area contributed by atoms with Crippen molar-refractivity contribution in [3.8, 4) is 0 Å². The Kier molecular flexibility index (Phi) is 6.44. The maximum Gasteiger partial charge on any atom is 0.318 e. The molecule has 0 saturated carbocycles. The first-order valence-electron chi connectivity index (χ1n) is 7.02. The van der Waals surface area contributed by atoms with Gasteiger partial charge in [0.15, 0.2) is 0 Å². The minimum atomic E-state index is -0.0538. The van der Waals surface area contributed by atoms with E-state index in [0.717, 1.165) is 0 Å². The van der Waals surface area contributed by atoms with E-state index >= 15 is 0 Å². The number of likely N-dealkylation sites (N-methyl/N-ethyl adjacent to an activating group) is 1. The van der Waals surface area contributed by atoms with Crippen molar-refractivity contribution < 1.29 is 9.21 Å². The van der Waals surface area contributed by atoms with Crippen molar-refractivity contribution in [3.63, 3.8) is 0 Å². The molecule has 0 aliphatic heterocycles. The highest BCUT2D eigenvalue weighted by Crippen LogP contribution is 2.11. The van der Waals surface area contributed by atoms with E-state index in [9.17, 15) is 4.79 Å². The predicted octanol–water partition coefficient (Wildman–Crippen LogP) is 0.918. The SMILES string of the molecule is CCN(CC(=O)NC(C)C)c1nnc(CNC(C)C)o1. The molecule has 0 spiro atoms. The van der Waals surface area contributed by atoms with Gasteiger partial charge in [-0.1, -0.05) is 18.9 Å². The topological polar surface area (TPSA) is 83.3 Å². The fourth-order valence-electron chi connectivity index (χ4n) is 1.59. The average molecular weight is 283 g/mol. The monoisotopic (exact) mass is 283 g/mol. The lowest BCUT2D eigenvalue weighted by Gasteiger charge is -2.18. The van der Waals surface area contributed by atoms with E-state index in [4.69, 9.17) is 4.42 Å². The van der Waals surface area contributed by atoms with Gasteiger partial charge >= 0.3 is 6.01 Å². The number of carbonyl (C=O) groups excluding carboxylic acids is 1. The van der Waals surface area contributed by atoms with E-state index in [0.29, 0.717) is 31.0 Å². The molecule has 1 heterocycles. The van der Waals surface area contributed by atoms with Gasteiger partial charge in [-0.15, -0.1) is 5.10 Å². The highest BCUT2D eigenvalue weighted by atomic mass is 16.4. The average Bonchev–Trinajstić information content (AvgIpc) is 2.81. The number of hydrogen-bond acceptors (Lipinski definition) is 6. The maximum atomic E-state index is 11.8. The molecule has 0 aliphatic carbocycles. The number of carbonyl (C=O) groups is 1. The van der Waals surface area contributed by atoms with Gasteiger partial charge in [-0.05, 0) is 20.8 Å². The van der Waals surface area contributed by atoms with Crippen LogP contribution in [0.3, 0.4) is 0 Å². The second-order valence-corrected chi connectivity index (χ2v) is 5.25. The summed E-state index contributed by atoms with van der Waals surface area (Å²) in [6, 6.07) is 0.853. The fourth-order valence-corrected chi connectivity index (χ4v) is 1.59. The van der Waals surface area contributed by atoms with Crippen molar-refractivity contribution in [3.05, 3.63) is 5.89 Å². The molecule has 114 valence electrons. The molecule has 0 aliphatic rings. The zero-order chi connectivity index (χ0) is 15.1. The molecule has 1 rings (SSSR count). The first-order chi connectivity index (χ1) is 9.42. The van der Waals surface area contributed by atoms with Gasteiger partial charge in [0, 0.05) is 18.6 Å². The fraction of sp³-hybridized carbons (Fsp3) is 0.769. The molecule has 0 saturated heterocycles. The third-order valence-corrected chi connectivity index (χ3v) is 2.55. The summed E-state index contributed by atoms with van der Waals surface area (Å²) in [6.45, 7) is 11.3. The Morgan fingerprint density at radius 2 is 1.95 bits per heavy atom. The number of rotatable bonds is 8. The molecule has 2 N–H and O–H groups in total. The van der Waals surface area contributed by atoms with Gasteiger partial charge in [0.25, 0.3) is 0 Å². The number of amides is 1. The number of hydrogen-bond donors (Lipinski definition) is 2. The van der Waals surface area contributed by atoms with Gasteiger partial charge in [-0.25, -0.2) is 0 Å². The second-order valence-electron chi connectivity index (χ2n) is 5.25. The summed E-state index contributed by atoms with van der Waals surface area (Å²) in [5.41, 5.74) is 0. The second kappa shape index (κ2) is 7.84. The van der Waals surface area contributed by atoms with E-state index in [2.05, 4.69) is 20.8 Å². The quantitative estimate of drug-likeness (QED) is 0.738. The largest absolute Gasteiger partial charge is 0.407 e. The van der Waals surface area contributed by atoms with Crippen LogP contribution in [-0.4, -0.2) is 41.3 Å². The van der Waals surface area contributed by atoms with E-state index < -0.39 is 0 Å². The van der Waals surface area contributed by atoms with E-state index in [-0.39, 0.29) is 18.5 Å². The summed E-state index contributed by atoms with van der Waals surface area (Å²) in [5, 5.41) is 14.0. The molecular formula is C13H25N5O2. The van der Waals surface area contributed by atoms with Gasteiger partial charge in [0.05, 0.1) is 6.54 Å². The van der Waals surface area contributed by atoms with Crippen molar-refractivity contribution in [2.45, 2.75) is 53.2 Å². The van der Waals surface area contributed by atoms with Gasteiger partial charge in [-0.2, -0.15) is 0 Å². The molecule has 7 heteroatoms. The Bertz CT molecular complexity index is 417. The van der Waals surface area contributed by atoms with Crippen molar-refractivity contribution >= 4 is 11.9 Å². The summed E-state index contributed by atoms with van der Waals surface area (Å²) < 4.78 is 5.55. The van der Waals surface area contributed by atoms with Crippen LogP contribution in [0.25, 0.3) is 0 Å². The van der Waals surface area contributed by atoms with Crippen molar-refractivity contribution in [1.82, 2.24) is 20.8 Å². The smallest absolute Gasteiger partial charge is 0.318 e. The molecule has 0 atom stereocenters. The van der Waals surface area contributed by atoms with Crippen LogP contribution >= 0.6 is 0 Å². The normalized spacial score (nSPS) is 11.2. The van der Waals surface area contributed by atoms with Crippen LogP contribution in [0.15, 0.2) is 4.42 Å². The molecule has 0 radical (unpaired) electrons. The number of nitrogens with zero attached hydrogens (tertiary/aromatic N) is 3. The van der Waals surface area contributed by atoms with Gasteiger partial charge < -0.3 is 20.0 Å². The third-order valence-electron chi connectivity index (χ3n) is 2.55. The Labute approximate surface area is 120 Å². The lowest BCUT2D eigenvalue weighted by Crippen LogP contribution is -2.40. The zero-order valence-electron chi connectivity index (χ0n) is 12.9. The first kappa shape index (κ1) is 16.4. The molecule has 0 fully saturated rings. The third kappa shape index (κ3) is 5.56. The predicted molar refractivity (Wildman–Crippen MR) is 77.4 cm³/mol. The molecule has 0 unspecified atom stereocenters. The first-order valence-corrected chi connectivity index (χ1v) is 7.02. The summed E-state index contributed by atoms with van der Waals surface area (Å²) in [5.74, 6) is 0.471. The Hall–Kier alpha value is -1.63. The zero-order valence-corrected chi connectivity index (χ0v) is 12.9. The van der Waals surface area contributed by atoms with Gasteiger partial charge in [0.2, 0.25) is 11.8 Å². The van der Waals surface area contributed by atoms with E-state index in [1.807, 2.05) is 34.6 Å². The van der Waals surface area contributed by atoms with E-state index in [1.165, 1.54) is 0 Å². The van der Waals surface area contributed by atoms with Crippen LogP contribution in [0, 0.1) is 0 Å². The number of anilines is 1. The van der Waals surface area contributed by atoms with Crippen LogP contribution in [0.4, 0.5) is 6.01 Å². The van der Waals surface area contributed by atoms with Gasteiger partial charge in [0.1, 0.15) is 6.54 Å². The molecule has 1 amide bonds. The van der Waals surface area contributed by atoms with Crippen LogP contribution in [0.5, 0.6) is 0 Å². The summed E-state index contributed by atoms with van der Waals surface area (Å²) in [4.78, 5) is 13.5. The van der Waals surface area contributed by atoms with Crippen molar-refractivity contribution in [1.29, 1.82) is 0 Å². The van der Waals surface area contributed by atoms with E-state index in [1.54, 1.807) is 4.90 Å². The van der Waals surface area contributed by atoms with Gasteiger partial charge in [-0.3, -0.25) is 4.79 Å². The molecule has 0 bridgehead atoms. The number of aromatic nitrogens is 2. The maximum absolute atomic E-state index is 11.8. The Morgan fingerprint density at radius 3 is 2.50 bits per heavy atom. The Balaban J connectivity index is 2.59. The molecule has 20 heavy (non-hydrogen) atoms. The highest BCUT2D eigenvalue weighted by Gasteiger charge is 2.16. The molecule has 1 aromatic rings. The number of nitrogens with one attached hydrogen (secondary N) is 2. The summed E-state index contributed by atoms with van der Waals surface area (Å²) >= 11 is 0. The molecule has 1 aromatic heterocycles. The molecule has 0 aromatic carbocycles. The van der Waals surface area contributed by atoms with Crippen LogP contribution in [0.1, 0.15) is 40.5 Å². The lowest BCUT2D eigenvalue weighted by molar-refractivity contribution is -0.120. The van der Waals surface area contributed by atoms with Crippen molar-refractivity contribution in [2.24, 2.45) is 0 Å². The molecule has 7 nitrogen and oxygen atoms in total. The van der Waals surface area contributed by atoms with Crippen LogP contribution in [-0.2, 0) is 11.3 Å². The van der Waals surface area contributed by atoms with Crippen LogP contribution in [0.2, 0.25) is 0 Å². The molecular weight excluding hydrogens is 258 g/mol. The van der Waals surface area contributed by atoms with Crippen LogP contribution < -0.4 is 15.5 Å². The standard InChI is InChI=1S/C13H25N5O2/c1-6-18(8-11(19)15-10(4)5)13-17-16-12(20-13)7-14-9(2)3/h9-10,14H,6-8H2,1-5H3,(H,15,19). The lowest BCUT2D eigenvalue weighted by atomic mass is 10.4. The Morgan fingerprint density at radius 1 is 1.25 bits per heavy atom.